The van der Waals surface area contributed by atoms with E-state index in [4.69, 9.17) is 0 Å². The van der Waals surface area contributed by atoms with Crippen LogP contribution in [0.5, 0.6) is 0 Å². The van der Waals surface area contributed by atoms with Crippen molar-refractivity contribution in [1.29, 1.82) is 0 Å². The van der Waals surface area contributed by atoms with Gasteiger partial charge in [0, 0.05) is 20.1 Å². The number of rotatable bonds is 7. The van der Waals surface area contributed by atoms with Crippen molar-refractivity contribution < 1.29 is 9.90 Å². The van der Waals surface area contributed by atoms with E-state index in [2.05, 4.69) is 10.3 Å². The average molecular weight is 327 g/mol. The maximum Gasteiger partial charge on any atom is 0.308 e. The first-order valence-corrected chi connectivity index (χ1v) is 8.05. The van der Waals surface area contributed by atoms with E-state index in [1.165, 1.54) is 5.56 Å². The van der Waals surface area contributed by atoms with E-state index in [-0.39, 0.29) is 6.04 Å². The van der Waals surface area contributed by atoms with Gasteiger partial charge in [-0.25, -0.2) is 4.98 Å². The molecule has 0 amide bonds. The number of anilines is 2. The minimum atomic E-state index is -0.807. The second-order valence-corrected chi connectivity index (χ2v) is 6.31. The van der Waals surface area contributed by atoms with Crippen LogP contribution in [0.3, 0.4) is 0 Å². The summed E-state index contributed by atoms with van der Waals surface area (Å²) in [5, 5.41) is 12.8. The lowest BCUT2D eigenvalue weighted by molar-refractivity contribution is -0.141. The van der Waals surface area contributed by atoms with E-state index < -0.39 is 11.9 Å². The summed E-state index contributed by atoms with van der Waals surface area (Å²) in [6.45, 7) is 3.78. The molecule has 0 aliphatic rings. The van der Waals surface area contributed by atoms with Crippen molar-refractivity contribution in [3.05, 3.63) is 53.7 Å². The molecule has 24 heavy (non-hydrogen) atoms. The Kier molecular flexibility index (Phi) is 5.79. The van der Waals surface area contributed by atoms with Gasteiger partial charge in [-0.2, -0.15) is 0 Å². The smallest absolute Gasteiger partial charge is 0.308 e. The van der Waals surface area contributed by atoms with Gasteiger partial charge >= 0.3 is 5.97 Å². The maximum atomic E-state index is 11.5. The largest absolute Gasteiger partial charge is 0.481 e. The fourth-order valence-electron chi connectivity index (χ4n) is 2.55. The molecule has 0 saturated heterocycles. The van der Waals surface area contributed by atoms with Gasteiger partial charge in [-0.1, -0.05) is 24.3 Å². The number of benzene rings is 1. The van der Waals surface area contributed by atoms with E-state index in [0.29, 0.717) is 6.42 Å². The topological polar surface area (TPSA) is 65.5 Å². The first kappa shape index (κ1) is 17.8. The van der Waals surface area contributed by atoms with Gasteiger partial charge < -0.3 is 15.3 Å². The van der Waals surface area contributed by atoms with Gasteiger partial charge in [0.05, 0.1) is 17.8 Å². The molecule has 5 nitrogen and oxygen atoms in total. The molecule has 0 saturated carbocycles. The van der Waals surface area contributed by atoms with E-state index in [1.807, 2.05) is 62.3 Å². The van der Waals surface area contributed by atoms with Crippen LogP contribution in [0.2, 0.25) is 0 Å². The third-order valence-electron chi connectivity index (χ3n) is 4.25. The zero-order valence-corrected chi connectivity index (χ0v) is 14.7. The Labute approximate surface area is 143 Å². The zero-order chi connectivity index (χ0) is 17.7. The van der Waals surface area contributed by atoms with E-state index in [1.54, 1.807) is 13.1 Å². The van der Waals surface area contributed by atoms with Gasteiger partial charge in [0.1, 0.15) is 5.82 Å². The number of carboxylic acids is 1. The van der Waals surface area contributed by atoms with Crippen molar-refractivity contribution in [2.75, 3.05) is 24.3 Å². The third kappa shape index (κ3) is 4.47. The highest BCUT2D eigenvalue weighted by atomic mass is 16.4. The lowest BCUT2D eigenvalue weighted by Gasteiger charge is -2.24. The first-order valence-electron chi connectivity index (χ1n) is 8.05. The van der Waals surface area contributed by atoms with Crippen LogP contribution in [0.1, 0.15) is 18.1 Å². The van der Waals surface area contributed by atoms with Crippen LogP contribution < -0.4 is 10.2 Å². The summed E-state index contributed by atoms with van der Waals surface area (Å²) < 4.78 is 0. The average Bonchev–Trinajstić information content (AvgIpc) is 2.56. The van der Waals surface area contributed by atoms with Crippen molar-refractivity contribution >= 4 is 17.5 Å². The van der Waals surface area contributed by atoms with Gasteiger partial charge in [-0.3, -0.25) is 4.79 Å². The highest BCUT2D eigenvalue weighted by Gasteiger charge is 2.24. The molecule has 0 fully saturated rings. The molecule has 5 heteroatoms. The second-order valence-electron chi connectivity index (χ2n) is 6.31. The molecule has 2 unspecified atom stereocenters. The number of carbonyl (C=O) groups is 1. The standard InChI is InChI=1S/C19H25N3O2/c1-13-7-5-6-8-15(13)11-17(14(2)19(23)24)21-16-9-10-18(20-12-16)22(3)4/h5-10,12,14,17,21H,11H2,1-4H3,(H,23,24). The molecular weight excluding hydrogens is 302 g/mol. The fraction of sp³-hybridized carbons (Fsp3) is 0.368. The summed E-state index contributed by atoms with van der Waals surface area (Å²) in [4.78, 5) is 17.8. The summed E-state index contributed by atoms with van der Waals surface area (Å²) in [6, 6.07) is 11.7. The Morgan fingerprint density at radius 1 is 1.25 bits per heavy atom. The highest BCUT2D eigenvalue weighted by molar-refractivity contribution is 5.71. The van der Waals surface area contributed by atoms with Crippen LogP contribution in [0, 0.1) is 12.8 Å². The van der Waals surface area contributed by atoms with Crippen molar-refractivity contribution in [1.82, 2.24) is 4.98 Å². The summed E-state index contributed by atoms with van der Waals surface area (Å²) in [5.41, 5.74) is 3.15. The van der Waals surface area contributed by atoms with E-state index in [9.17, 15) is 9.90 Å². The minimum absolute atomic E-state index is 0.212. The van der Waals surface area contributed by atoms with Crippen LogP contribution in [-0.4, -0.2) is 36.2 Å². The summed E-state index contributed by atoms with van der Waals surface area (Å²) in [6.07, 6.45) is 2.39. The SMILES string of the molecule is Cc1ccccc1CC(Nc1ccc(N(C)C)nc1)C(C)C(=O)O. The number of hydrogen-bond acceptors (Lipinski definition) is 4. The Bertz CT molecular complexity index is 683. The molecule has 2 atom stereocenters. The molecule has 1 heterocycles. The molecule has 0 spiro atoms. The summed E-state index contributed by atoms with van der Waals surface area (Å²) in [7, 11) is 3.87. The molecule has 1 aromatic heterocycles. The number of aromatic nitrogens is 1. The van der Waals surface area contributed by atoms with Gasteiger partial charge in [0.2, 0.25) is 0 Å². The van der Waals surface area contributed by atoms with E-state index >= 15 is 0 Å². The zero-order valence-electron chi connectivity index (χ0n) is 14.7. The lowest BCUT2D eigenvalue weighted by atomic mass is 9.92. The number of aryl methyl sites for hydroxylation is 1. The summed E-state index contributed by atoms with van der Waals surface area (Å²) >= 11 is 0. The molecule has 0 bridgehead atoms. The second kappa shape index (κ2) is 7.81. The number of pyridine rings is 1. The number of aliphatic carboxylic acids is 1. The maximum absolute atomic E-state index is 11.5. The number of nitrogens with zero attached hydrogens (tertiary/aromatic N) is 2. The quantitative estimate of drug-likeness (QED) is 0.817. The Morgan fingerprint density at radius 3 is 2.50 bits per heavy atom. The Hall–Kier alpha value is -2.56. The predicted molar refractivity (Wildman–Crippen MR) is 97.7 cm³/mol. The van der Waals surface area contributed by atoms with Crippen molar-refractivity contribution in [2.45, 2.75) is 26.3 Å². The molecule has 0 aliphatic carbocycles. The molecular formula is C19H25N3O2. The van der Waals surface area contributed by atoms with Gasteiger partial charge in [0.25, 0.3) is 0 Å². The lowest BCUT2D eigenvalue weighted by Crippen LogP contribution is -2.34. The van der Waals surface area contributed by atoms with E-state index in [0.717, 1.165) is 17.1 Å². The molecule has 0 aliphatic heterocycles. The monoisotopic (exact) mass is 327 g/mol. The molecule has 2 N–H and O–H groups in total. The number of carboxylic acid groups (broad SMARTS) is 1. The van der Waals surface area contributed by atoms with Gasteiger partial charge in [-0.05, 0) is 43.5 Å². The van der Waals surface area contributed by atoms with Crippen LogP contribution in [0.15, 0.2) is 42.6 Å². The van der Waals surface area contributed by atoms with Crippen LogP contribution in [0.25, 0.3) is 0 Å². The first-order chi connectivity index (χ1) is 11.4. The molecule has 128 valence electrons. The van der Waals surface area contributed by atoms with Gasteiger partial charge in [-0.15, -0.1) is 0 Å². The predicted octanol–water partition coefficient (Wildman–Crippen LogP) is 3.20. The van der Waals surface area contributed by atoms with Crippen molar-refractivity contribution in [3.63, 3.8) is 0 Å². The van der Waals surface area contributed by atoms with Crippen LogP contribution in [-0.2, 0) is 11.2 Å². The highest BCUT2D eigenvalue weighted by Crippen LogP contribution is 2.20. The number of nitrogens with one attached hydrogen (secondary N) is 1. The Balaban J connectivity index is 2.20. The molecule has 0 radical (unpaired) electrons. The minimum Gasteiger partial charge on any atom is -0.481 e. The van der Waals surface area contributed by atoms with Crippen molar-refractivity contribution in [2.24, 2.45) is 5.92 Å². The molecule has 2 aromatic rings. The fourth-order valence-corrected chi connectivity index (χ4v) is 2.55. The van der Waals surface area contributed by atoms with Crippen LogP contribution >= 0.6 is 0 Å². The van der Waals surface area contributed by atoms with Crippen LogP contribution in [0.4, 0.5) is 11.5 Å². The van der Waals surface area contributed by atoms with Gasteiger partial charge in [0.15, 0.2) is 0 Å². The van der Waals surface area contributed by atoms with Crippen molar-refractivity contribution in [3.8, 4) is 0 Å². The molecule has 2 rings (SSSR count). The summed E-state index contributed by atoms with van der Waals surface area (Å²) in [5.74, 6) is -0.459. The molecule has 1 aromatic carbocycles. The Morgan fingerprint density at radius 2 is 1.96 bits per heavy atom. The third-order valence-corrected chi connectivity index (χ3v) is 4.25. The normalized spacial score (nSPS) is 13.2. The number of hydrogen-bond donors (Lipinski definition) is 2.